The van der Waals surface area contributed by atoms with E-state index >= 15 is 0 Å². The molecule has 0 amide bonds. The van der Waals surface area contributed by atoms with Gasteiger partial charge in [-0.1, -0.05) is 43.6 Å². The maximum absolute atomic E-state index is 14.0. The Bertz CT molecular complexity index is 632. The van der Waals surface area contributed by atoms with Gasteiger partial charge < -0.3 is 8.95 Å². The van der Waals surface area contributed by atoms with Crippen molar-refractivity contribution in [2.75, 3.05) is 0 Å². The van der Waals surface area contributed by atoms with Gasteiger partial charge in [0.2, 0.25) is 9.04 Å². The number of benzene rings is 1. The third kappa shape index (κ3) is 3.77. The minimum absolute atomic E-state index is 0.155. The van der Waals surface area contributed by atoms with E-state index in [1.165, 1.54) is 6.07 Å². The van der Waals surface area contributed by atoms with Crippen LogP contribution in [0.15, 0.2) is 28.8 Å². The smallest absolute Gasteiger partial charge is 0.206 e. The van der Waals surface area contributed by atoms with E-state index in [0.29, 0.717) is 16.5 Å². The maximum atomic E-state index is 14.0. The molecule has 0 aliphatic heterocycles. The van der Waals surface area contributed by atoms with Gasteiger partial charge in [-0.3, -0.25) is 0 Å². The van der Waals surface area contributed by atoms with Gasteiger partial charge in [-0.25, -0.2) is 4.39 Å². The van der Waals surface area contributed by atoms with Gasteiger partial charge in [0.15, 0.2) is 5.76 Å². The molecule has 6 heteroatoms. The minimum atomic E-state index is -0.922. The fraction of sp³-hybridized carbons (Fsp3) is 0.438. The van der Waals surface area contributed by atoms with Crippen LogP contribution in [-0.4, -0.2) is 14.2 Å². The van der Waals surface area contributed by atoms with Crippen LogP contribution in [-0.2, 0) is 4.43 Å². The van der Waals surface area contributed by atoms with Crippen molar-refractivity contribution in [3.8, 4) is 11.3 Å². The lowest BCUT2D eigenvalue weighted by molar-refractivity contribution is 0.0603. The summed E-state index contributed by atoms with van der Waals surface area (Å²) in [6, 6.07) is 6.26. The van der Waals surface area contributed by atoms with Crippen LogP contribution in [0.4, 0.5) is 4.39 Å². The summed E-state index contributed by atoms with van der Waals surface area (Å²) in [6.45, 7) is 10.3. The highest BCUT2D eigenvalue weighted by atomic mass is 35.5. The van der Waals surface area contributed by atoms with Crippen molar-refractivity contribution in [1.29, 1.82) is 0 Å². The average molecular weight is 341 g/mol. The van der Waals surface area contributed by atoms with E-state index in [1.54, 1.807) is 18.2 Å². The van der Waals surface area contributed by atoms with Crippen LogP contribution in [0.1, 0.15) is 32.6 Å². The first-order valence-corrected chi connectivity index (χ1v) is 9.86. The highest BCUT2D eigenvalue weighted by Crippen LogP contribution is 2.39. The first-order chi connectivity index (χ1) is 10.2. The first-order valence-electron chi connectivity index (χ1n) is 7.08. The lowest BCUT2D eigenvalue weighted by Gasteiger charge is -2.30. The third-order valence-corrected chi connectivity index (χ3v) is 4.17. The second kappa shape index (κ2) is 6.52. The van der Waals surface area contributed by atoms with Crippen LogP contribution >= 0.6 is 11.6 Å². The number of halogens is 2. The van der Waals surface area contributed by atoms with Gasteiger partial charge in [-0.15, -0.1) is 0 Å². The van der Waals surface area contributed by atoms with E-state index in [-0.39, 0.29) is 17.1 Å². The second-order valence-corrected chi connectivity index (χ2v) is 8.94. The molecule has 0 aliphatic rings. The zero-order chi connectivity index (χ0) is 16.5. The number of hydrogen-bond donors (Lipinski definition) is 0. The van der Waals surface area contributed by atoms with E-state index in [9.17, 15) is 4.39 Å². The average Bonchev–Trinajstić information content (AvgIpc) is 2.83. The molecule has 119 valence electrons. The molecule has 22 heavy (non-hydrogen) atoms. The van der Waals surface area contributed by atoms with Crippen LogP contribution in [0.3, 0.4) is 0 Å². The number of aromatic nitrogens is 1. The quantitative estimate of drug-likeness (QED) is 0.690. The number of hydrogen-bond acceptors (Lipinski definition) is 3. The molecule has 0 fully saturated rings. The summed E-state index contributed by atoms with van der Waals surface area (Å²) in [5.74, 6) is 0.171. The Kier molecular flexibility index (Phi) is 5.09. The van der Waals surface area contributed by atoms with Crippen molar-refractivity contribution in [1.82, 2.24) is 5.16 Å². The van der Waals surface area contributed by atoms with Gasteiger partial charge in [0.1, 0.15) is 17.6 Å². The minimum Gasteiger partial charge on any atom is -0.406 e. The van der Waals surface area contributed by atoms with Crippen LogP contribution in [0.25, 0.3) is 11.3 Å². The Morgan fingerprint density at radius 2 is 2.00 bits per heavy atom. The van der Waals surface area contributed by atoms with E-state index in [0.717, 1.165) is 0 Å². The molecular formula is C16H20ClFNO2Si. The maximum Gasteiger partial charge on any atom is 0.206 e. The molecule has 1 radical (unpaired) electrons. The summed E-state index contributed by atoms with van der Waals surface area (Å²) in [4.78, 5) is 0. The Labute approximate surface area is 137 Å². The lowest BCUT2D eigenvalue weighted by Crippen LogP contribution is -2.25. The summed E-state index contributed by atoms with van der Waals surface area (Å²) in [5, 5.41) is 4.29. The van der Waals surface area contributed by atoms with Crippen molar-refractivity contribution in [3.05, 3.63) is 40.9 Å². The van der Waals surface area contributed by atoms with E-state index in [4.69, 9.17) is 20.6 Å². The molecule has 0 saturated carbocycles. The summed E-state index contributed by atoms with van der Waals surface area (Å²) in [5.41, 5.74) is 0.486. The van der Waals surface area contributed by atoms with Gasteiger partial charge in [-0.2, -0.15) is 0 Å². The number of nitrogens with zero attached hydrogens (tertiary/aromatic N) is 1. The third-order valence-electron chi connectivity index (χ3n) is 3.15. The molecule has 0 N–H and O–H groups in total. The van der Waals surface area contributed by atoms with Gasteiger partial charge in [-0.05, 0) is 30.6 Å². The predicted molar refractivity (Wildman–Crippen MR) is 87.7 cm³/mol. The zero-order valence-electron chi connectivity index (χ0n) is 13.4. The van der Waals surface area contributed by atoms with Crippen LogP contribution in [0, 0.1) is 11.2 Å². The molecule has 0 bridgehead atoms. The normalized spacial score (nSPS) is 13.6. The monoisotopic (exact) mass is 340 g/mol. The molecule has 1 aromatic carbocycles. The summed E-state index contributed by atoms with van der Waals surface area (Å²) in [6.07, 6.45) is -0.233. The van der Waals surface area contributed by atoms with Gasteiger partial charge in [0.25, 0.3) is 0 Å². The van der Waals surface area contributed by atoms with Gasteiger partial charge >= 0.3 is 0 Å². The summed E-state index contributed by atoms with van der Waals surface area (Å²) in [7, 11) is -0.922. The fourth-order valence-corrected chi connectivity index (χ4v) is 3.37. The highest BCUT2D eigenvalue weighted by Gasteiger charge is 2.32. The largest absolute Gasteiger partial charge is 0.406 e. The molecule has 3 nitrogen and oxygen atoms in total. The summed E-state index contributed by atoms with van der Waals surface area (Å²) >= 11 is 6.08. The molecule has 0 aliphatic carbocycles. The first kappa shape index (κ1) is 17.2. The predicted octanol–water partition coefficient (Wildman–Crippen LogP) is 5.49. The SMILES string of the molecule is C[Si](C)OC(c1cc(-c2c(F)cccc2Cl)no1)C(C)(C)C. The Morgan fingerprint density at radius 1 is 1.32 bits per heavy atom. The Hall–Kier alpha value is -1.17. The molecule has 0 spiro atoms. The zero-order valence-corrected chi connectivity index (χ0v) is 15.2. The summed E-state index contributed by atoms with van der Waals surface area (Å²) < 4.78 is 25.5. The molecule has 2 aromatic rings. The fourth-order valence-electron chi connectivity index (χ4n) is 2.17. The van der Waals surface area contributed by atoms with Crippen molar-refractivity contribution in [3.63, 3.8) is 0 Å². The van der Waals surface area contributed by atoms with E-state index in [2.05, 4.69) is 39.0 Å². The van der Waals surface area contributed by atoms with E-state index in [1.807, 2.05) is 0 Å². The van der Waals surface area contributed by atoms with Crippen LogP contribution in [0.2, 0.25) is 18.1 Å². The van der Waals surface area contributed by atoms with Crippen LogP contribution < -0.4 is 0 Å². The van der Waals surface area contributed by atoms with Crippen molar-refractivity contribution in [2.24, 2.45) is 5.41 Å². The lowest BCUT2D eigenvalue weighted by atomic mass is 9.87. The molecule has 1 aromatic heterocycles. The topological polar surface area (TPSA) is 35.3 Å². The molecule has 1 atom stereocenters. The van der Waals surface area contributed by atoms with Crippen LogP contribution in [0.5, 0.6) is 0 Å². The van der Waals surface area contributed by atoms with Crippen molar-refractivity contribution in [2.45, 2.75) is 40.0 Å². The standard InChI is InChI=1S/C16H20ClFNO2Si/c1-16(2,3)15(21-22(4)5)13-9-12(19-20-13)14-10(17)7-6-8-11(14)18/h6-9,15H,1-5H3. The van der Waals surface area contributed by atoms with Gasteiger partial charge in [0.05, 0.1) is 10.6 Å². The molecule has 0 saturated heterocycles. The molecule has 1 unspecified atom stereocenters. The van der Waals surface area contributed by atoms with E-state index < -0.39 is 14.9 Å². The number of rotatable bonds is 4. The highest BCUT2D eigenvalue weighted by molar-refractivity contribution is 6.48. The van der Waals surface area contributed by atoms with Crippen molar-refractivity contribution >= 4 is 20.6 Å². The Morgan fingerprint density at radius 3 is 2.55 bits per heavy atom. The van der Waals surface area contributed by atoms with Crippen molar-refractivity contribution < 1.29 is 13.3 Å². The molecule has 1 heterocycles. The molecule has 2 rings (SSSR count). The Balaban J connectivity index is 2.41. The van der Waals surface area contributed by atoms with Gasteiger partial charge in [0, 0.05) is 6.07 Å². The molecular weight excluding hydrogens is 321 g/mol. The second-order valence-electron chi connectivity index (χ2n) is 6.48.